The van der Waals surface area contributed by atoms with E-state index in [4.69, 9.17) is 5.11 Å². The van der Waals surface area contributed by atoms with Crippen molar-refractivity contribution in [2.75, 3.05) is 26.7 Å². The molecular weight excluding hydrogens is 156 g/mol. The number of likely N-dealkylation sites (tertiary alicyclic amines) is 1. The zero-order valence-corrected chi connectivity index (χ0v) is 7.66. The van der Waals surface area contributed by atoms with Gasteiger partial charge in [-0.15, -0.1) is 0 Å². The first-order valence-corrected chi connectivity index (χ1v) is 4.33. The Hall–Kier alpha value is -0.770. The minimum atomic E-state index is -0.790. The molecule has 1 saturated heterocycles. The molecule has 1 N–H and O–H groups in total. The van der Waals surface area contributed by atoms with Crippen molar-refractivity contribution in [1.82, 2.24) is 9.80 Å². The average molecular weight is 172 g/mol. The first-order valence-electron chi connectivity index (χ1n) is 4.33. The van der Waals surface area contributed by atoms with Crippen molar-refractivity contribution in [3.05, 3.63) is 0 Å². The Kier molecular flexibility index (Phi) is 2.92. The quantitative estimate of drug-likeness (QED) is 0.666. The van der Waals surface area contributed by atoms with Crippen LogP contribution < -0.4 is 0 Å². The fourth-order valence-electron chi connectivity index (χ4n) is 1.53. The van der Waals surface area contributed by atoms with Crippen LogP contribution in [0.2, 0.25) is 0 Å². The molecule has 0 bridgehead atoms. The molecule has 1 amide bonds. The van der Waals surface area contributed by atoms with Crippen molar-refractivity contribution in [2.24, 2.45) is 0 Å². The molecule has 1 aliphatic heterocycles. The van der Waals surface area contributed by atoms with Gasteiger partial charge in [-0.1, -0.05) is 6.92 Å². The maximum absolute atomic E-state index is 10.6. The van der Waals surface area contributed by atoms with Gasteiger partial charge in [-0.05, 0) is 20.0 Å². The number of likely N-dealkylation sites (N-methyl/N-ethyl adjacent to an activating group) is 1. The topological polar surface area (TPSA) is 43.8 Å². The monoisotopic (exact) mass is 172 g/mol. The third-order valence-corrected chi connectivity index (χ3v) is 2.56. The molecular formula is C8H16N2O2. The highest BCUT2D eigenvalue weighted by Gasteiger charge is 2.27. The van der Waals surface area contributed by atoms with Crippen molar-refractivity contribution in [1.29, 1.82) is 0 Å². The Bertz CT molecular complexity index is 172. The first-order chi connectivity index (χ1) is 5.65. The molecule has 0 saturated carbocycles. The summed E-state index contributed by atoms with van der Waals surface area (Å²) < 4.78 is 0. The second kappa shape index (κ2) is 3.76. The van der Waals surface area contributed by atoms with Crippen molar-refractivity contribution >= 4 is 6.09 Å². The Morgan fingerprint density at radius 1 is 1.75 bits per heavy atom. The molecule has 1 aliphatic rings. The molecule has 0 radical (unpaired) electrons. The molecule has 1 heterocycles. The van der Waals surface area contributed by atoms with E-state index in [9.17, 15) is 4.79 Å². The number of amides is 1. The molecule has 1 fully saturated rings. The molecule has 4 heteroatoms. The van der Waals surface area contributed by atoms with Gasteiger partial charge in [0.15, 0.2) is 0 Å². The van der Waals surface area contributed by atoms with Crippen molar-refractivity contribution in [2.45, 2.75) is 19.4 Å². The van der Waals surface area contributed by atoms with Gasteiger partial charge >= 0.3 is 6.09 Å². The molecule has 12 heavy (non-hydrogen) atoms. The van der Waals surface area contributed by atoms with Crippen LogP contribution in [-0.4, -0.2) is 53.7 Å². The van der Waals surface area contributed by atoms with Gasteiger partial charge in [-0.25, -0.2) is 4.79 Å². The molecule has 70 valence electrons. The molecule has 1 unspecified atom stereocenters. The number of nitrogens with zero attached hydrogens (tertiary/aromatic N) is 2. The fraction of sp³-hybridized carbons (Fsp3) is 0.875. The number of rotatable bonds is 2. The SMILES string of the molecule is CCN(C)C1CCN(C(=O)O)C1. The molecule has 4 nitrogen and oxygen atoms in total. The highest BCUT2D eigenvalue weighted by atomic mass is 16.4. The highest BCUT2D eigenvalue weighted by Crippen LogP contribution is 2.13. The molecule has 1 atom stereocenters. The molecule has 0 aromatic carbocycles. The highest BCUT2D eigenvalue weighted by molar-refractivity contribution is 5.65. The van der Waals surface area contributed by atoms with Crippen LogP contribution in [-0.2, 0) is 0 Å². The second-order valence-electron chi connectivity index (χ2n) is 3.24. The van der Waals surface area contributed by atoms with E-state index in [1.807, 2.05) is 7.05 Å². The normalized spacial score (nSPS) is 23.6. The smallest absolute Gasteiger partial charge is 0.407 e. The number of hydrogen-bond donors (Lipinski definition) is 1. The summed E-state index contributed by atoms with van der Waals surface area (Å²) in [5.74, 6) is 0. The minimum absolute atomic E-state index is 0.422. The van der Waals surface area contributed by atoms with E-state index in [0.29, 0.717) is 19.1 Å². The van der Waals surface area contributed by atoms with Crippen LogP contribution in [0.3, 0.4) is 0 Å². The predicted octanol–water partition coefficient (Wildman–Crippen LogP) is 0.690. The van der Waals surface area contributed by atoms with Crippen LogP contribution in [0.15, 0.2) is 0 Å². The largest absolute Gasteiger partial charge is 0.465 e. The fourth-order valence-corrected chi connectivity index (χ4v) is 1.53. The summed E-state index contributed by atoms with van der Waals surface area (Å²) in [6, 6.07) is 0.422. The van der Waals surface area contributed by atoms with Gasteiger partial charge in [0, 0.05) is 19.1 Å². The van der Waals surface area contributed by atoms with E-state index < -0.39 is 6.09 Å². The standard InChI is InChI=1S/C8H16N2O2/c1-3-9(2)7-4-5-10(6-7)8(11)12/h7H,3-6H2,1-2H3,(H,11,12). The average Bonchev–Trinajstić information content (AvgIpc) is 2.51. The predicted molar refractivity (Wildman–Crippen MR) is 46.3 cm³/mol. The van der Waals surface area contributed by atoms with Crippen LogP contribution in [0, 0.1) is 0 Å². The summed E-state index contributed by atoms with van der Waals surface area (Å²) in [7, 11) is 2.04. The van der Waals surface area contributed by atoms with Crippen molar-refractivity contribution in [3.63, 3.8) is 0 Å². The number of carboxylic acid groups (broad SMARTS) is 1. The van der Waals surface area contributed by atoms with Crippen molar-refractivity contribution < 1.29 is 9.90 Å². The number of hydrogen-bond acceptors (Lipinski definition) is 2. The summed E-state index contributed by atoms with van der Waals surface area (Å²) in [5.41, 5.74) is 0. The summed E-state index contributed by atoms with van der Waals surface area (Å²) >= 11 is 0. The molecule has 0 aliphatic carbocycles. The molecule has 0 aromatic heterocycles. The third-order valence-electron chi connectivity index (χ3n) is 2.56. The number of carbonyl (C=O) groups is 1. The third kappa shape index (κ3) is 1.88. The lowest BCUT2D eigenvalue weighted by molar-refractivity contribution is 0.150. The zero-order valence-electron chi connectivity index (χ0n) is 7.66. The van der Waals surface area contributed by atoms with E-state index in [2.05, 4.69) is 11.8 Å². The van der Waals surface area contributed by atoms with Crippen LogP contribution >= 0.6 is 0 Å². The Labute approximate surface area is 72.8 Å². The van der Waals surface area contributed by atoms with E-state index in [1.54, 1.807) is 0 Å². The lowest BCUT2D eigenvalue weighted by atomic mass is 10.2. The zero-order chi connectivity index (χ0) is 9.14. The van der Waals surface area contributed by atoms with Gasteiger partial charge in [0.05, 0.1) is 0 Å². The first kappa shape index (κ1) is 9.32. The van der Waals surface area contributed by atoms with E-state index in [1.165, 1.54) is 4.90 Å². The lowest BCUT2D eigenvalue weighted by Crippen LogP contribution is -2.35. The van der Waals surface area contributed by atoms with Gasteiger partial charge < -0.3 is 14.9 Å². The van der Waals surface area contributed by atoms with Crippen LogP contribution in [0.4, 0.5) is 4.79 Å². The second-order valence-corrected chi connectivity index (χ2v) is 3.24. The summed E-state index contributed by atoms with van der Waals surface area (Å²) in [4.78, 5) is 14.2. The van der Waals surface area contributed by atoms with Crippen LogP contribution in [0.5, 0.6) is 0 Å². The van der Waals surface area contributed by atoms with E-state index in [0.717, 1.165) is 13.0 Å². The van der Waals surface area contributed by atoms with Gasteiger partial charge in [0.2, 0.25) is 0 Å². The van der Waals surface area contributed by atoms with E-state index >= 15 is 0 Å². The van der Waals surface area contributed by atoms with E-state index in [-0.39, 0.29) is 0 Å². The molecule has 1 rings (SSSR count). The van der Waals surface area contributed by atoms with Crippen LogP contribution in [0.25, 0.3) is 0 Å². The summed E-state index contributed by atoms with van der Waals surface area (Å²) in [6.45, 7) is 4.42. The molecule has 0 spiro atoms. The maximum atomic E-state index is 10.6. The minimum Gasteiger partial charge on any atom is -0.465 e. The van der Waals surface area contributed by atoms with Gasteiger partial charge in [-0.3, -0.25) is 0 Å². The summed E-state index contributed by atoms with van der Waals surface area (Å²) in [5, 5.41) is 8.69. The lowest BCUT2D eigenvalue weighted by Gasteiger charge is -2.21. The maximum Gasteiger partial charge on any atom is 0.407 e. The van der Waals surface area contributed by atoms with Crippen molar-refractivity contribution in [3.8, 4) is 0 Å². The Morgan fingerprint density at radius 2 is 2.42 bits per heavy atom. The van der Waals surface area contributed by atoms with Gasteiger partial charge in [0.1, 0.15) is 0 Å². The summed E-state index contributed by atoms with van der Waals surface area (Å²) in [6.07, 6.45) is 0.179. The molecule has 0 aromatic rings. The van der Waals surface area contributed by atoms with Gasteiger partial charge in [-0.2, -0.15) is 0 Å². The van der Waals surface area contributed by atoms with Gasteiger partial charge in [0.25, 0.3) is 0 Å². The van der Waals surface area contributed by atoms with Crippen LogP contribution in [0.1, 0.15) is 13.3 Å². The Morgan fingerprint density at radius 3 is 2.83 bits per heavy atom. The Balaban J connectivity index is 2.40.